The quantitative estimate of drug-likeness (QED) is 0.192. The summed E-state index contributed by atoms with van der Waals surface area (Å²) in [6, 6.07) is -0.370. The Labute approximate surface area is 261 Å². The van der Waals surface area contributed by atoms with Crippen LogP contribution < -0.4 is 10.6 Å². The minimum Gasteiger partial charge on any atom is -0.352 e. The van der Waals surface area contributed by atoms with E-state index in [0.717, 1.165) is 30.8 Å². The predicted molar refractivity (Wildman–Crippen MR) is 165 cm³/mol. The molecule has 1 fully saturated rings. The summed E-state index contributed by atoms with van der Waals surface area (Å²) >= 11 is 7.00. The fraction of sp³-hybridized carbons (Fsp3) is 0.433. The molecule has 2 aromatic rings. The minimum absolute atomic E-state index is 0.0156. The van der Waals surface area contributed by atoms with Gasteiger partial charge in [-0.25, -0.2) is 13.6 Å². The van der Waals surface area contributed by atoms with E-state index in [1.807, 2.05) is 4.90 Å². The maximum atomic E-state index is 15.0. The molecule has 0 aliphatic carbocycles. The van der Waals surface area contributed by atoms with Crippen LogP contribution in [-0.4, -0.2) is 76.8 Å². The third-order valence-electron chi connectivity index (χ3n) is 7.62. The SMILES string of the molecule is C=CC(=O)N1[C@H](C)CN(c2nc(=O)n3c4c(c(/C(=C/C(Cl)=C(\C)F)C(=C)F)c(C(F)(F)F)cc24)SC[C@@H]3CN(C)C)C[C@@H]1C. The van der Waals surface area contributed by atoms with Gasteiger partial charge < -0.3 is 14.7 Å². The molecule has 3 heterocycles. The van der Waals surface area contributed by atoms with Gasteiger partial charge in [0.05, 0.1) is 22.2 Å². The Morgan fingerprint density at radius 3 is 2.34 bits per heavy atom. The van der Waals surface area contributed by atoms with Crippen LogP contribution in [0.4, 0.5) is 27.8 Å². The summed E-state index contributed by atoms with van der Waals surface area (Å²) < 4.78 is 74.9. The zero-order valence-electron chi connectivity index (χ0n) is 24.9. The van der Waals surface area contributed by atoms with E-state index in [-0.39, 0.29) is 58.4 Å². The molecule has 2 aliphatic heterocycles. The first-order valence-corrected chi connectivity index (χ1v) is 15.1. The number of hydrogen-bond donors (Lipinski definition) is 0. The lowest BCUT2D eigenvalue weighted by Crippen LogP contribution is -2.58. The highest BCUT2D eigenvalue weighted by molar-refractivity contribution is 7.99. The first kappa shape index (κ1) is 33.7. The van der Waals surface area contributed by atoms with Crippen LogP contribution in [0.1, 0.15) is 37.9 Å². The van der Waals surface area contributed by atoms with Crippen molar-refractivity contribution in [3.05, 3.63) is 69.7 Å². The number of anilines is 1. The van der Waals surface area contributed by atoms with Crippen LogP contribution in [0.3, 0.4) is 0 Å². The van der Waals surface area contributed by atoms with Gasteiger partial charge in [0.1, 0.15) is 17.5 Å². The number of piperazine rings is 1. The number of amides is 1. The number of aromatic nitrogens is 2. The van der Waals surface area contributed by atoms with E-state index in [1.54, 1.807) is 37.7 Å². The topological polar surface area (TPSA) is 61.7 Å². The second-order valence-corrected chi connectivity index (χ2v) is 12.7. The van der Waals surface area contributed by atoms with Crippen molar-refractivity contribution in [1.82, 2.24) is 19.4 Å². The molecule has 14 heteroatoms. The number of allylic oxidation sites excluding steroid dienone is 5. The third-order valence-corrected chi connectivity index (χ3v) is 9.23. The van der Waals surface area contributed by atoms with Gasteiger partial charge in [0, 0.05) is 58.9 Å². The van der Waals surface area contributed by atoms with E-state index in [9.17, 15) is 27.2 Å². The van der Waals surface area contributed by atoms with E-state index in [0.29, 0.717) is 6.54 Å². The molecule has 2 aliphatic rings. The molecule has 1 aromatic carbocycles. The van der Waals surface area contributed by atoms with Crippen LogP contribution >= 0.6 is 23.4 Å². The van der Waals surface area contributed by atoms with Crippen molar-refractivity contribution in [3.63, 3.8) is 0 Å². The van der Waals surface area contributed by atoms with Crippen LogP contribution in [0.25, 0.3) is 16.5 Å². The number of rotatable bonds is 7. The van der Waals surface area contributed by atoms with Crippen LogP contribution in [0.5, 0.6) is 0 Å². The minimum atomic E-state index is -5.00. The van der Waals surface area contributed by atoms with E-state index in [2.05, 4.69) is 18.1 Å². The number of thioether (sulfide) groups is 1. The standard InChI is InChI=1S/C30H33ClF5N5O2S/c1-8-24(42)40-15(2)11-39(12-16(40)3)28-21-9-22(30(34,35)36)25(20(17(4)32)10-23(31)18(5)33)27-26(21)41(29(43)37-28)19(14-44-27)13-38(6)7/h8-10,15-16,19H,1,4,11-14H2,2-3,5-7H3/b20-10+,23-18-/t15-,16+,19-/m0/s1. The van der Waals surface area contributed by atoms with Crippen LogP contribution in [0.15, 0.2) is 57.8 Å². The van der Waals surface area contributed by atoms with Gasteiger partial charge in [-0.3, -0.25) is 9.36 Å². The van der Waals surface area contributed by atoms with Gasteiger partial charge in [0.25, 0.3) is 0 Å². The Hall–Kier alpha value is -3.16. The highest BCUT2D eigenvalue weighted by Crippen LogP contribution is 2.49. The van der Waals surface area contributed by atoms with E-state index < -0.39 is 51.3 Å². The fourth-order valence-corrected chi connectivity index (χ4v) is 7.36. The van der Waals surface area contributed by atoms with Crippen molar-refractivity contribution in [2.75, 3.05) is 44.4 Å². The molecule has 0 radical (unpaired) electrons. The number of halogens is 6. The summed E-state index contributed by atoms with van der Waals surface area (Å²) in [4.78, 5) is 35.7. The third kappa shape index (κ3) is 6.32. The van der Waals surface area contributed by atoms with Gasteiger partial charge in [0.2, 0.25) is 5.91 Å². The zero-order valence-corrected chi connectivity index (χ0v) is 26.5. The lowest BCUT2D eigenvalue weighted by Gasteiger charge is -2.45. The number of nitrogens with zero attached hydrogens (tertiary/aromatic N) is 5. The maximum Gasteiger partial charge on any atom is 0.417 e. The first-order chi connectivity index (χ1) is 20.5. The van der Waals surface area contributed by atoms with Gasteiger partial charge in [-0.05, 0) is 53.1 Å². The number of alkyl halides is 3. The Kier molecular flexibility index (Phi) is 9.72. The highest BCUT2D eigenvalue weighted by Gasteiger charge is 2.41. The lowest BCUT2D eigenvalue weighted by molar-refractivity contribution is -0.137. The number of likely N-dealkylation sites (N-methyl/N-ethyl adjacent to an activating group) is 1. The predicted octanol–water partition coefficient (Wildman–Crippen LogP) is 6.54. The molecular weight excluding hydrogens is 625 g/mol. The Morgan fingerprint density at radius 2 is 1.84 bits per heavy atom. The van der Waals surface area contributed by atoms with Crippen molar-refractivity contribution in [3.8, 4) is 0 Å². The van der Waals surface area contributed by atoms with Crippen molar-refractivity contribution >= 4 is 51.6 Å². The summed E-state index contributed by atoms with van der Waals surface area (Å²) in [6.45, 7) is 12.1. The van der Waals surface area contributed by atoms with E-state index in [4.69, 9.17) is 11.6 Å². The fourth-order valence-electron chi connectivity index (χ4n) is 5.93. The molecule has 1 amide bonds. The molecule has 0 N–H and O–H groups in total. The molecule has 238 valence electrons. The summed E-state index contributed by atoms with van der Waals surface area (Å²) in [6.07, 6.45) is -3.02. The second kappa shape index (κ2) is 12.7. The largest absolute Gasteiger partial charge is 0.417 e. The molecule has 4 rings (SSSR count). The van der Waals surface area contributed by atoms with Crippen molar-refractivity contribution in [2.45, 2.75) is 50.0 Å². The molecule has 7 nitrogen and oxygen atoms in total. The van der Waals surface area contributed by atoms with Crippen LogP contribution in [-0.2, 0) is 11.0 Å². The van der Waals surface area contributed by atoms with Crippen LogP contribution in [0.2, 0.25) is 0 Å². The molecule has 0 unspecified atom stereocenters. The smallest absolute Gasteiger partial charge is 0.352 e. The number of hydrogen-bond acceptors (Lipinski definition) is 6. The molecule has 0 saturated carbocycles. The summed E-state index contributed by atoms with van der Waals surface area (Å²) in [5.74, 6) is -2.26. The lowest BCUT2D eigenvalue weighted by atomic mass is 9.94. The summed E-state index contributed by atoms with van der Waals surface area (Å²) in [5, 5.41) is -0.546. The number of carbonyl (C=O) groups excluding carboxylic acids is 1. The molecule has 1 aromatic heterocycles. The summed E-state index contributed by atoms with van der Waals surface area (Å²) in [7, 11) is 3.60. The number of carbonyl (C=O) groups is 1. The molecule has 0 spiro atoms. The Balaban J connectivity index is 2.13. The Morgan fingerprint density at radius 1 is 1.23 bits per heavy atom. The average molecular weight is 658 g/mol. The van der Waals surface area contributed by atoms with Gasteiger partial charge in [-0.15, -0.1) is 11.8 Å². The summed E-state index contributed by atoms with van der Waals surface area (Å²) in [5.41, 5.74) is -2.97. The van der Waals surface area contributed by atoms with Gasteiger partial charge >= 0.3 is 11.9 Å². The zero-order chi connectivity index (χ0) is 32.8. The average Bonchev–Trinajstić information content (AvgIpc) is 2.91. The highest BCUT2D eigenvalue weighted by atomic mass is 35.5. The molecule has 3 atom stereocenters. The van der Waals surface area contributed by atoms with Crippen molar-refractivity contribution in [2.24, 2.45) is 0 Å². The normalized spacial score (nSPS) is 21.5. The maximum absolute atomic E-state index is 15.0. The monoisotopic (exact) mass is 657 g/mol. The molecule has 0 bridgehead atoms. The molecule has 1 saturated heterocycles. The van der Waals surface area contributed by atoms with Crippen LogP contribution in [0, 0.1) is 0 Å². The van der Waals surface area contributed by atoms with Gasteiger partial charge in [-0.1, -0.05) is 24.8 Å². The molecule has 44 heavy (non-hydrogen) atoms. The number of benzene rings is 1. The van der Waals surface area contributed by atoms with Crippen molar-refractivity contribution in [1.29, 1.82) is 0 Å². The van der Waals surface area contributed by atoms with Gasteiger partial charge in [0.15, 0.2) is 0 Å². The Bertz CT molecular complexity index is 1640. The second-order valence-electron chi connectivity index (χ2n) is 11.2. The van der Waals surface area contributed by atoms with E-state index >= 15 is 4.39 Å². The molecular formula is C30H33ClF5N5O2S. The van der Waals surface area contributed by atoms with Gasteiger partial charge in [-0.2, -0.15) is 18.2 Å². The van der Waals surface area contributed by atoms with E-state index in [1.165, 1.54) is 10.6 Å². The first-order valence-electron chi connectivity index (χ1n) is 13.7. The van der Waals surface area contributed by atoms with Crippen molar-refractivity contribution < 1.29 is 26.7 Å².